The zero-order chi connectivity index (χ0) is 38.6. The maximum Gasteiger partial charge on any atom is 0.471 e. The van der Waals surface area contributed by atoms with Crippen molar-refractivity contribution in [1.82, 2.24) is 21.0 Å². The molecule has 3 aromatic carbocycles. The summed E-state index contributed by atoms with van der Waals surface area (Å²) < 4.78 is 105. The predicted octanol–water partition coefficient (Wildman–Crippen LogP) is 1.44. The number of imide groups is 1. The van der Waals surface area contributed by atoms with E-state index in [9.17, 15) is 67.9 Å². The van der Waals surface area contributed by atoms with Gasteiger partial charge >= 0.3 is 18.1 Å². The van der Waals surface area contributed by atoms with Crippen LogP contribution in [0.15, 0.2) is 70.5 Å². The van der Waals surface area contributed by atoms with Crippen molar-refractivity contribution < 1.29 is 72.7 Å². The van der Waals surface area contributed by atoms with E-state index in [1.807, 2.05) is 0 Å². The van der Waals surface area contributed by atoms with E-state index in [4.69, 9.17) is 4.84 Å². The number of carbonyl (C=O) groups is 6. The van der Waals surface area contributed by atoms with Gasteiger partial charge in [0.15, 0.2) is 0 Å². The maximum atomic E-state index is 12.9. The minimum absolute atomic E-state index is 0.00119. The number of hydroxylamine groups is 2. The van der Waals surface area contributed by atoms with Gasteiger partial charge in [-0.25, -0.2) is 4.79 Å². The highest BCUT2D eigenvalue weighted by molar-refractivity contribution is 7.86. The van der Waals surface area contributed by atoms with Gasteiger partial charge < -0.3 is 20.8 Å². The van der Waals surface area contributed by atoms with E-state index >= 15 is 0 Å². The highest BCUT2D eigenvalue weighted by atomic mass is 32.2. The summed E-state index contributed by atoms with van der Waals surface area (Å²) in [5, 5.41) is 6.57. The molecular formula is C30H25F3N4O13S2. The molecule has 1 heterocycles. The fourth-order valence-corrected chi connectivity index (χ4v) is 6.05. The van der Waals surface area contributed by atoms with Crippen LogP contribution in [0, 0.1) is 0 Å². The van der Waals surface area contributed by atoms with Crippen LogP contribution in [0.5, 0.6) is 0 Å². The van der Waals surface area contributed by atoms with Crippen molar-refractivity contribution in [3.63, 3.8) is 0 Å². The number of nitrogens with one attached hydrogen (secondary N) is 3. The van der Waals surface area contributed by atoms with E-state index in [1.165, 1.54) is 24.3 Å². The third kappa shape index (κ3) is 9.74. The second-order valence-corrected chi connectivity index (χ2v) is 13.6. The van der Waals surface area contributed by atoms with Gasteiger partial charge in [0, 0.05) is 43.6 Å². The van der Waals surface area contributed by atoms with Gasteiger partial charge in [-0.05, 0) is 53.1 Å². The summed E-state index contributed by atoms with van der Waals surface area (Å²) in [5.41, 5.74) is -1.03. The molecule has 0 atom stereocenters. The average molecular weight is 771 g/mol. The lowest BCUT2D eigenvalue weighted by Gasteiger charge is -2.14. The van der Waals surface area contributed by atoms with E-state index in [2.05, 4.69) is 10.6 Å². The van der Waals surface area contributed by atoms with Crippen molar-refractivity contribution in [1.29, 1.82) is 0 Å². The fraction of sp³-hybridized carbons (Fsp3) is 0.200. The molecule has 0 aliphatic carbocycles. The zero-order valence-electron chi connectivity index (χ0n) is 26.1. The Labute approximate surface area is 291 Å². The first kappa shape index (κ1) is 39.1. The van der Waals surface area contributed by atoms with Gasteiger partial charge in [-0.15, -0.1) is 5.06 Å². The molecular weight excluding hydrogens is 745 g/mol. The van der Waals surface area contributed by atoms with Crippen LogP contribution >= 0.6 is 0 Å². The standard InChI is InChI=1S/C30H25F3N4O13S2/c31-30(32,33)29(43)36-13-16-1-3-17(4-2-16)26(40)34-14-20-7-5-18(11-22(20)51(44,45)46)27(41)35-15-21-8-6-19(12-23(21)52(47,48)49)28(42)50-37-24(38)9-10-25(37)39/h1-8,11-12H,9-10,13-15H2,(H,34,40)(H,35,41)(H,36,43)(H,44,45,46)(H,47,48,49). The van der Waals surface area contributed by atoms with Gasteiger partial charge in [0.2, 0.25) is 0 Å². The van der Waals surface area contributed by atoms with E-state index < -0.39 is 96.9 Å². The fourth-order valence-electron chi connectivity index (χ4n) is 4.55. The summed E-state index contributed by atoms with van der Waals surface area (Å²) in [4.78, 5) is 75.5. The quantitative estimate of drug-likeness (QED) is 0.129. The molecule has 5 N–H and O–H groups in total. The van der Waals surface area contributed by atoms with E-state index in [0.29, 0.717) is 6.07 Å². The lowest BCUT2D eigenvalue weighted by molar-refractivity contribution is -0.173. The third-order valence-corrected chi connectivity index (χ3v) is 9.05. The topological polar surface area (TPSA) is 260 Å². The van der Waals surface area contributed by atoms with Gasteiger partial charge in [-0.3, -0.25) is 33.1 Å². The van der Waals surface area contributed by atoms with E-state index in [1.54, 1.807) is 5.32 Å². The normalized spacial score (nSPS) is 13.4. The minimum Gasteiger partial charge on any atom is -0.348 e. The maximum absolute atomic E-state index is 12.9. The lowest BCUT2D eigenvalue weighted by atomic mass is 10.1. The van der Waals surface area contributed by atoms with Crippen LogP contribution in [0.4, 0.5) is 13.2 Å². The Hall–Kier alpha value is -5.71. The number of alkyl halides is 3. The molecule has 22 heteroatoms. The number of nitrogens with zero attached hydrogens (tertiary/aromatic N) is 1. The number of amides is 5. The van der Waals surface area contributed by atoms with Crippen LogP contribution in [-0.4, -0.2) is 72.7 Å². The first-order chi connectivity index (χ1) is 24.1. The van der Waals surface area contributed by atoms with Crippen molar-refractivity contribution in [2.75, 3.05) is 0 Å². The van der Waals surface area contributed by atoms with Gasteiger partial charge in [-0.2, -0.15) is 30.0 Å². The monoisotopic (exact) mass is 770 g/mol. The van der Waals surface area contributed by atoms with E-state index in [0.717, 1.165) is 30.3 Å². The largest absolute Gasteiger partial charge is 0.471 e. The van der Waals surface area contributed by atoms with Crippen molar-refractivity contribution in [3.8, 4) is 0 Å². The van der Waals surface area contributed by atoms with E-state index in [-0.39, 0.29) is 45.7 Å². The molecule has 1 saturated heterocycles. The average Bonchev–Trinajstić information content (AvgIpc) is 3.39. The summed E-state index contributed by atoms with van der Waals surface area (Å²) in [5.74, 6) is -6.81. The Bertz CT molecular complexity index is 2180. The van der Waals surface area contributed by atoms with Gasteiger partial charge in [0.25, 0.3) is 43.9 Å². The number of halogens is 3. The number of carbonyl (C=O) groups excluding carboxylic acids is 6. The minimum atomic E-state index is -5.07. The molecule has 5 amide bonds. The van der Waals surface area contributed by atoms with Crippen LogP contribution in [0.2, 0.25) is 0 Å². The van der Waals surface area contributed by atoms with Crippen LogP contribution in [-0.2, 0) is 59.1 Å². The van der Waals surface area contributed by atoms with Gasteiger partial charge in [0.05, 0.1) is 15.4 Å². The Morgan fingerprint density at radius 1 is 0.673 bits per heavy atom. The molecule has 3 aromatic rings. The predicted molar refractivity (Wildman–Crippen MR) is 166 cm³/mol. The molecule has 0 spiro atoms. The molecule has 0 bridgehead atoms. The van der Waals surface area contributed by atoms with Gasteiger partial charge in [0.1, 0.15) is 0 Å². The summed E-state index contributed by atoms with van der Waals surface area (Å²) in [6.07, 6.45) is -5.47. The van der Waals surface area contributed by atoms with Crippen LogP contribution in [0.25, 0.3) is 0 Å². The number of benzene rings is 3. The summed E-state index contributed by atoms with van der Waals surface area (Å²) in [6.45, 7) is -1.58. The molecule has 1 aliphatic heterocycles. The first-order valence-corrected chi connectivity index (χ1v) is 17.3. The second kappa shape index (κ2) is 15.3. The molecule has 1 fully saturated rings. The Morgan fingerprint density at radius 3 is 1.60 bits per heavy atom. The van der Waals surface area contributed by atoms with Crippen LogP contribution in [0.1, 0.15) is 60.6 Å². The van der Waals surface area contributed by atoms with Crippen molar-refractivity contribution >= 4 is 55.7 Å². The molecule has 52 heavy (non-hydrogen) atoms. The molecule has 0 saturated carbocycles. The molecule has 17 nitrogen and oxygen atoms in total. The lowest BCUT2D eigenvalue weighted by Crippen LogP contribution is -2.36. The highest BCUT2D eigenvalue weighted by Crippen LogP contribution is 2.22. The van der Waals surface area contributed by atoms with Crippen molar-refractivity contribution in [2.24, 2.45) is 0 Å². The Balaban J connectivity index is 1.43. The number of hydrogen-bond acceptors (Lipinski definition) is 11. The SMILES string of the molecule is O=C(NCc1ccc(C(=O)NCc2ccc(C(=O)ON3C(=O)CCC3=O)cc2S(=O)(=O)O)cc1S(=O)(=O)O)c1ccc(CNC(=O)C(F)(F)F)cc1. The van der Waals surface area contributed by atoms with Crippen LogP contribution in [0.3, 0.4) is 0 Å². The molecule has 0 radical (unpaired) electrons. The highest BCUT2D eigenvalue weighted by Gasteiger charge is 2.38. The van der Waals surface area contributed by atoms with Gasteiger partial charge in [-0.1, -0.05) is 24.3 Å². The molecule has 0 unspecified atom stereocenters. The summed E-state index contributed by atoms with van der Waals surface area (Å²) in [6, 6.07) is 10.7. The molecule has 1 aliphatic rings. The zero-order valence-corrected chi connectivity index (χ0v) is 27.7. The van der Waals surface area contributed by atoms with Crippen LogP contribution < -0.4 is 16.0 Å². The van der Waals surface area contributed by atoms with Crippen molar-refractivity contribution in [3.05, 3.63) is 94.0 Å². The summed E-state index contributed by atoms with van der Waals surface area (Å²) in [7, 11) is -10.0. The summed E-state index contributed by atoms with van der Waals surface area (Å²) >= 11 is 0. The third-order valence-electron chi connectivity index (χ3n) is 7.17. The Kier molecular flexibility index (Phi) is 11.5. The number of rotatable bonds is 12. The molecule has 0 aromatic heterocycles. The molecule has 276 valence electrons. The molecule has 4 rings (SSSR count). The second-order valence-electron chi connectivity index (χ2n) is 10.8. The smallest absolute Gasteiger partial charge is 0.348 e. The first-order valence-electron chi connectivity index (χ1n) is 14.4. The Morgan fingerprint density at radius 2 is 1.12 bits per heavy atom. The van der Waals surface area contributed by atoms with Crippen molar-refractivity contribution in [2.45, 2.75) is 48.4 Å². The number of hydrogen-bond donors (Lipinski definition) is 5.